The van der Waals surface area contributed by atoms with Crippen LogP contribution in [0.25, 0.3) is 5.69 Å². The van der Waals surface area contributed by atoms with Gasteiger partial charge in [0, 0.05) is 24.5 Å². The Morgan fingerprint density at radius 3 is 2.53 bits per heavy atom. The minimum Gasteiger partial charge on any atom is -0.323 e. The van der Waals surface area contributed by atoms with Gasteiger partial charge in [0.1, 0.15) is 0 Å². The molecule has 0 aliphatic rings. The second kappa shape index (κ2) is 3.57. The molecule has 4 heteroatoms. The van der Waals surface area contributed by atoms with Gasteiger partial charge in [-0.1, -0.05) is 6.07 Å². The molecule has 1 aromatic heterocycles. The summed E-state index contributed by atoms with van der Waals surface area (Å²) in [7, 11) is 0. The SMILES string of the molecule is Cc1ccc([N+](=O)[O-])cc1-n1cccc1. The molecule has 0 fully saturated rings. The first-order valence-electron chi connectivity index (χ1n) is 4.57. The standard InChI is InChI=1S/C11H10N2O2/c1-9-4-5-10(13(14)15)8-11(9)12-6-2-3-7-12/h2-8H,1H3. The summed E-state index contributed by atoms with van der Waals surface area (Å²) in [4.78, 5) is 10.2. The Labute approximate surface area is 86.9 Å². The molecule has 0 saturated carbocycles. The molecule has 0 atom stereocenters. The number of benzene rings is 1. The molecule has 4 nitrogen and oxygen atoms in total. The molecule has 0 aliphatic heterocycles. The lowest BCUT2D eigenvalue weighted by Crippen LogP contribution is -1.96. The van der Waals surface area contributed by atoms with Crippen LogP contribution >= 0.6 is 0 Å². The number of aromatic nitrogens is 1. The van der Waals surface area contributed by atoms with Crippen molar-refractivity contribution in [1.29, 1.82) is 0 Å². The molecule has 1 heterocycles. The highest BCUT2D eigenvalue weighted by molar-refractivity contribution is 5.49. The second-order valence-corrected chi connectivity index (χ2v) is 3.32. The van der Waals surface area contributed by atoms with E-state index in [-0.39, 0.29) is 10.6 Å². The lowest BCUT2D eigenvalue weighted by Gasteiger charge is -2.06. The number of aryl methyl sites for hydroxylation is 1. The lowest BCUT2D eigenvalue weighted by atomic mass is 10.2. The molecular formula is C11H10N2O2. The Hall–Kier alpha value is -2.10. The van der Waals surface area contributed by atoms with Crippen molar-refractivity contribution in [1.82, 2.24) is 4.57 Å². The molecule has 0 radical (unpaired) electrons. The number of nitrogens with zero attached hydrogens (tertiary/aromatic N) is 2. The van der Waals surface area contributed by atoms with Crippen molar-refractivity contribution in [2.45, 2.75) is 6.92 Å². The van der Waals surface area contributed by atoms with Crippen LogP contribution in [0, 0.1) is 17.0 Å². The average Bonchev–Trinajstić information content (AvgIpc) is 2.71. The van der Waals surface area contributed by atoms with E-state index in [0.717, 1.165) is 11.3 Å². The Morgan fingerprint density at radius 1 is 1.27 bits per heavy atom. The summed E-state index contributed by atoms with van der Waals surface area (Å²) in [5, 5.41) is 10.6. The molecule has 0 bridgehead atoms. The minimum atomic E-state index is -0.382. The monoisotopic (exact) mass is 202 g/mol. The molecule has 1 aromatic carbocycles. The summed E-state index contributed by atoms with van der Waals surface area (Å²) >= 11 is 0. The van der Waals surface area contributed by atoms with Crippen molar-refractivity contribution in [3.05, 3.63) is 58.4 Å². The number of rotatable bonds is 2. The van der Waals surface area contributed by atoms with Gasteiger partial charge in [-0.15, -0.1) is 0 Å². The molecule has 15 heavy (non-hydrogen) atoms. The highest BCUT2D eigenvalue weighted by atomic mass is 16.6. The van der Waals surface area contributed by atoms with E-state index in [2.05, 4.69) is 0 Å². The average molecular weight is 202 g/mol. The van der Waals surface area contributed by atoms with E-state index in [1.54, 1.807) is 12.1 Å². The summed E-state index contributed by atoms with van der Waals surface area (Å²) in [6, 6.07) is 8.63. The van der Waals surface area contributed by atoms with Crippen LogP contribution in [0.4, 0.5) is 5.69 Å². The van der Waals surface area contributed by atoms with Crippen LogP contribution in [0.5, 0.6) is 0 Å². The Balaban J connectivity index is 2.55. The zero-order valence-corrected chi connectivity index (χ0v) is 8.25. The van der Waals surface area contributed by atoms with Crippen LogP contribution < -0.4 is 0 Å². The van der Waals surface area contributed by atoms with E-state index >= 15 is 0 Å². The van der Waals surface area contributed by atoms with E-state index in [9.17, 15) is 10.1 Å². The third-order valence-electron chi connectivity index (χ3n) is 2.29. The molecule has 76 valence electrons. The summed E-state index contributed by atoms with van der Waals surface area (Å²) in [6.45, 7) is 1.93. The van der Waals surface area contributed by atoms with Crippen molar-refractivity contribution < 1.29 is 4.92 Å². The number of nitro groups is 1. The maximum atomic E-state index is 10.6. The van der Waals surface area contributed by atoms with Crippen molar-refractivity contribution in [3.63, 3.8) is 0 Å². The number of hydrogen-bond acceptors (Lipinski definition) is 2. The van der Waals surface area contributed by atoms with Crippen LogP contribution in [-0.2, 0) is 0 Å². The van der Waals surface area contributed by atoms with Crippen LogP contribution in [0.2, 0.25) is 0 Å². The third-order valence-corrected chi connectivity index (χ3v) is 2.29. The maximum Gasteiger partial charge on any atom is 0.271 e. The maximum absolute atomic E-state index is 10.6. The summed E-state index contributed by atoms with van der Waals surface area (Å²) in [5.41, 5.74) is 1.97. The van der Waals surface area contributed by atoms with Gasteiger partial charge in [-0.05, 0) is 24.6 Å². The van der Waals surface area contributed by atoms with Crippen LogP contribution in [0.3, 0.4) is 0 Å². The van der Waals surface area contributed by atoms with Gasteiger partial charge in [-0.2, -0.15) is 0 Å². The zero-order valence-electron chi connectivity index (χ0n) is 8.25. The summed E-state index contributed by atoms with van der Waals surface area (Å²) < 4.78 is 1.86. The summed E-state index contributed by atoms with van der Waals surface area (Å²) in [5.74, 6) is 0. The Morgan fingerprint density at radius 2 is 1.93 bits per heavy atom. The third kappa shape index (κ3) is 1.74. The van der Waals surface area contributed by atoms with Crippen molar-refractivity contribution in [2.24, 2.45) is 0 Å². The highest BCUT2D eigenvalue weighted by Gasteiger charge is 2.08. The quantitative estimate of drug-likeness (QED) is 0.555. The first kappa shape index (κ1) is 9.45. The molecule has 2 rings (SSSR count). The predicted molar refractivity (Wildman–Crippen MR) is 57.2 cm³/mol. The topological polar surface area (TPSA) is 48.1 Å². The van der Waals surface area contributed by atoms with E-state index < -0.39 is 0 Å². The molecular weight excluding hydrogens is 192 g/mol. The van der Waals surface area contributed by atoms with Crippen molar-refractivity contribution >= 4 is 5.69 Å². The van der Waals surface area contributed by atoms with Gasteiger partial charge in [0.05, 0.1) is 10.6 Å². The van der Waals surface area contributed by atoms with Gasteiger partial charge >= 0.3 is 0 Å². The van der Waals surface area contributed by atoms with Gasteiger partial charge in [-0.3, -0.25) is 10.1 Å². The lowest BCUT2D eigenvalue weighted by molar-refractivity contribution is -0.384. The van der Waals surface area contributed by atoms with E-state index in [4.69, 9.17) is 0 Å². The molecule has 0 aliphatic carbocycles. The van der Waals surface area contributed by atoms with Crippen molar-refractivity contribution in [3.8, 4) is 5.69 Å². The zero-order chi connectivity index (χ0) is 10.8. The van der Waals surface area contributed by atoms with Crippen molar-refractivity contribution in [2.75, 3.05) is 0 Å². The number of nitro benzene ring substituents is 1. The molecule has 0 unspecified atom stereocenters. The smallest absolute Gasteiger partial charge is 0.271 e. The fourth-order valence-corrected chi connectivity index (χ4v) is 1.48. The summed E-state index contributed by atoms with van der Waals surface area (Å²) in [6.07, 6.45) is 3.73. The molecule has 2 aromatic rings. The van der Waals surface area contributed by atoms with Gasteiger partial charge in [0.15, 0.2) is 0 Å². The van der Waals surface area contributed by atoms with E-state index in [1.165, 1.54) is 6.07 Å². The molecule has 0 saturated heterocycles. The second-order valence-electron chi connectivity index (χ2n) is 3.32. The minimum absolute atomic E-state index is 0.115. The first-order valence-corrected chi connectivity index (χ1v) is 4.57. The predicted octanol–water partition coefficient (Wildman–Crippen LogP) is 2.69. The highest BCUT2D eigenvalue weighted by Crippen LogP contribution is 2.20. The van der Waals surface area contributed by atoms with Gasteiger partial charge in [0.25, 0.3) is 5.69 Å². The fourth-order valence-electron chi connectivity index (χ4n) is 1.48. The van der Waals surface area contributed by atoms with Crippen LogP contribution in [0.1, 0.15) is 5.56 Å². The largest absolute Gasteiger partial charge is 0.323 e. The number of hydrogen-bond donors (Lipinski definition) is 0. The van der Waals surface area contributed by atoms with Crippen LogP contribution in [0.15, 0.2) is 42.7 Å². The van der Waals surface area contributed by atoms with E-state index in [0.29, 0.717) is 0 Å². The van der Waals surface area contributed by atoms with Gasteiger partial charge in [-0.25, -0.2) is 0 Å². The molecule has 0 N–H and O–H groups in total. The normalized spacial score (nSPS) is 10.2. The molecule has 0 spiro atoms. The van der Waals surface area contributed by atoms with Gasteiger partial charge < -0.3 is 4.57 Å². The fraction of sp³-hybridized carbons (Fsp3) is 0.0909. The number of non-ortho nitro benzene ring substituents is 1. The van der Waals surface area contributed by atoms with Gasteiger partial charge in [0.2, 0.25) is 0 Å². The Bertz CT molecular complexity index is 489. The Kier molecular flexibility index (Phi) is 2.25. The molecule has 0 amide bonds. The van der Waals surface area contributed by atoms with Crippen LogP contribution in [-0.4, -0.2) is 9.49 Å². The van der Waals surface area contributed by atoms with E-state index in [1.807, 2.05) is 36.0 Å². The first-order chi connectivity index (χ1) is 7.18.